The number of hydrogen-bond donors (Lipinski definition) is 0. The first-order valence-corrected chi connectivity index (χ1v) is 14.4. The summed E-state index contributed by atoms with van der Waals surface area (Å²) in [7, 11) is 0. The highest BCUT2D eigenvalue weighted by molar-refractivity contribution is 5.79. The number of carbonyl (C=O) groups excluding carboxylic acids is 1. The van der Waals surface area contributed by atoms with Crippen molar-refractivity contribution in [1.29, 1.82) is 0 Å². The Hall–Kier alpha value is -4.35. The highest BCUT2D eigenvalue weighted by atomic mass is 16.6. The van der Waals surface area contributed by atoms with E-state index in [1.54, 1.807) is 0 Å². The van der Waals surface area contributed by atoms with Crippen LogP contribution in [0.3, 0.4) is 0 Å². The monoisotopic (exact) mass is 543 g/mol. The molecular weight excluding hydrogens is 510 g/mol. The second kappa shape index (κ2) is 11.3. The molecule has 0 saturated carbocycles. The maximum atomic E-state index is 13.5. The molecule has 4 aromatic rings. The van der Waals surface area contributed by atoms with Crippen LogP contribution in [0, 0.1) is 0 Å². The van der Waals surface area contributed by atoms with Gasteiger partial charge in [-0.3, -0.25) is 4.90 Å². The van der Waals surface area contributed by atoms with Crippen molar-refractivity contribution in [3.05, 3.63) is 137 Å². The van der Waals surface area contributed by atoms with Gasteiger partial charge in [-0.05, 0) is 58.4 Å². The lowest BCUT2D eigenvalue weighted by atomic mass is 9.90. The summed E-state index contributed by atoms with van der Waals surface area (Å²) < 4.78 is 17.9. The van der Waals surface area contributed by atoms with Crippen LogP contribution in [-0.4, -0.2) is 42.9 Å². The quantitative estimate of drug-likeness (QED) is 0.232. The zero-order valence-corrected chi connectivity index (χ0v) is 22.9. The number of rotatable bonds is 7. The van der Waals surface area contributed by atoms with Crippen LogP contribution in [0.15, 0.2) is 115 Å². The SMILES string of the molecule is O=C(OCC1c2ccccc2-c2ccccc21)N1C2C=C(Cc3cccc(OCc4ccccc4)c3)CC1COC2. The molecule has 5 heteroatoms. The smallest absolute Gasteiger partial charge is 0.410 e. The zero-order valence-electron chi connectivity index (χ0n) is 22.9. The second-order valence-corrected chi connectivity index (χ2v) is 11.1. The summed E-state index contributed by atoms with van der Waals surface area (Å²) in [6, 6.07) is 35.2. The van der Waals surface area contributed by atoms with Gasteiger partial charge in [0.1, 0.15) is 19.0 Å². The Labute approximate surface area is 241 Å². The van der Waals surface area contributed by atoms with E-state index in [2.05, 4.69) is 78.9 Å². The Balaban J connectivity index is 1.02. The molecule has 0 aromatic heterocycles. The van der Waals surface area contributed by atoms with Crippen molar-refractivity contribution >= 4 is 6.09 Å². The van der Waals surface area contributed by atoms with Gasteiger partial charge < -0.3 is 14.2 Å². The first kappa shape index (κ1) is 25.6. The molecule has 5 nitrogen and oxygen atoms in total. The molecule has 2 atom stereocenters. The van der Waals surface area contributed by atoms with Crippen molar-refractivity contribution < 1.29 is 19.0 Å². The summed E-state index contributed by atoms with van der Waals surface area (Å²) in [4.78, 5) is 15.4. The Morgan fingerprint density at radius 1 is 0.805 bits per heavy atom. The molecule has 1 aliphatic carbocycles. The maximum absolute atomic E-state index is 13.5. The molecule has 41 heavy (non-hydrogen) atoms. The summed E-state index contributed by atoms with van der Waals surface area (Å²) in [6.45, 7) is 1.89. The first-order valence-electron chi connectivity index (χ1n) is 14.4. The molecule has 1 saturated heterocycles. The average Bonchev–Trinajstić information content (AvgIpc) is 3.33. The highest BCUT2D eigenvalue weighted by Crippen LogP contribution is 2.44. The van der Waals surface area contributed by atoms with E-state index < -0.39 is 0 Å². The fourth-order valence-electron chi connectivity index (χ4n) is 6.52. The number of amides is 1. The van der Waals surface area contributed by atoms with Gasteiger partial charge in [-0.15, -0.1) is 0 Å². The minimum Gasteiger partial charge on any atom is -0.489 e. The minimum absolute atomic E-state index is 0.0260. The fraction of sp³-hybridized carbons (Fsp3) is 0.250. The van der Waals surface area contributed by atoms with Gasteiger partial charge in [-0.2, -0.15) is 0 Å². The van der Waals surface area contributed by atoms with Crippen LogP contribution in [-0.2, 0) is 22.5 Å². The Morgan fingerprint density at radius 3 is 2.27 bits per heavy atom. The molecule has 2 aliphatic heterocycles. The van der Waals surface area contributed by atoms with Crippen molar-refractivity contribution in [2.45, 2.75) is 37.5 Å². The molecule has 0 radical (unpaired) electrons. The molecular formula is C36H33NO4. The summed E-state index contributed by atoms with van der Waals surface area (Å²) in [5.74, 6) is 0.918. The number of carbonyl (C=O) groups is 1. The van der Waals surface area contributed by atoms with E-state index in [1.165, 1.54) is 33.4 Å². The van der Waals surface area contributed by atoms with Crippen molar-refractivity contribution in [3.8, 4) is 16.9 Å². The van der Waals surface area contributed by atoms with Gasteiger partial charge in [0.15, 0.2) is 0 Å². The summed E-state index contributed by atoms with van der Waals surface area (Å²) in [5.41, 5.74) is 8.58. The third kappa shape index (κ3) is 5.25. The van der Waals surface area contributed by atoms with Gasteiger partial charge in [-0.1, -0.05) is 103 Å². The number of ether oxygens (including phenoxy) is 3. The summed E-state index contributed by atoms with van der Waals surface area (Å²) in [5, 5.41) is 0. The van der Waals surface area contributed by atoms with Gasteiger partial charge in [0.05, 0.1) is 25.3 Å². The average molecular weight is 544 g/mol. The van der Waals surface area contributed by atoms with Crippen LogP contribution in [0.25, 0.3) is 11.1 Å². The van der Waals surface area contributed by atoms with E-state index in [0.717, 1.165) is 24.2 Å². The van der Waals surface area contributed by atoms with E-state index >= 15 is 0 Å². The van der Waals surface area contributed by atoms with Gasteiger partial charge in [0.25, 0.3) is 0 Å². The second-order valence-electron chi connectivity index (χ2n) is 11.1. The molecule has 3 aliphatic rings. The van der Waals surface area contributed by atoms with Crippen LogP contribution in [0.2, 0.25) is 0 Å². The Kier molecular flexibility index (Phi) is 7.03. The van der Waals surface area contributed by atoms with E-state index in [1.807, 2.05) is 35.2 Å². The van der Waals surface area contributed by atoms with E-state index in [9.17, 15) is 4.79 Å². The van der Waals surface area contributed by atoms with E-state index in [4.69, 9.17) is 14.2 Å². The highest BCUT2D eigenvalue weighted by Gasteiger charge is 2.39. The van der Waals surface area contributed by atoms with Gasteiger partial charge in [0.2, 0.25) is 0 Å². The number of hydrogen-bond acceptors (Lipinski definition) is 4. The van der Waals surface area contributed by atoms with Crippen LogP contribution in [0.4, 0.5) is 4.79 Å². The number of morpholine rings is 1. The number of fused-ring (bicyclic) bond motifs is 5. The van der Waals surface area contributed by atoms with E-state index in [0.29, 0.717) is 26.4 Å². The van der Waals surface area contributed by atoms with Crippen molar-refractivity contribution in [2.24, 2.45) is 0 Å². The molecule has 2 heterocycles. The minimum atomic E-state index is -0.253. The molecule has 4 aromatic carbocycles. The predicted molar refractivity (Wildman–Crippen MR) is 159 cm³/mol. The van der Waals surface area contributed by atoms with Gasteiger partial charge in [0, 0.05) is 5.92 Å². The van der Waals surface area contributed by atoms with Crippen LogP contribution < -0.4 is 4.74 Å². The van der Waals surface area contributed by atoms with Crippen molar-refractivity contribution in [1.82, 2.24) is 4.90 Å². The summed E-state index contributed by atoms with van der Waals surface area (Å²) in [6.07, 6.45) is 3.55. The first-order chi connectivity index (χ1) is 20.2. The van der Waals surface area contributed by atoms with E-state index in [-0.39, 0.29) is 24.1 Å². The third-order valence-electron chi connectivity index (χ3n) is 8.40. The third-order valence-corrected chi connectivity index (χ3v) is 8.40. The van der Waals surface area contributed by atoms with Gasteiger partial charge >= 0.3 is 6.09 Å². The molecule has 0 spiro atoms. The fourth-order valence-corrected chi connectivity index (χ4v) is 6.52. The molecule has 2 unspecified atom stereocenters. The molecule has 1 fully saturated rings. The lowest BCUT2D eigenvalue weighted by Gasteiger charge is -2.44. The van der Waals surface area contributed by atoms with Crippen LogP contribution >= 0.6 is 0 Å². The summed E-state index contributed by atoms with van der Waals surface area (Å²) >= 11 is 0. The lowest BCUT2D eigenvalue weighted by molar-refractivity contribution is -0.0363. The Bertz CT molecular complexity index is 1530. The Morgan fingerprint density at radius 2 is 1.51 bits per heavy atom. The zero-order chi connectivity index (χ0) is 27.6. The van der Waals surface area contributed by atoms with Crippen molar-refractivity contribution in [3.63, 3.8) is 0 Å². The normalized spacial score (nSPS) is 19.2. The lowest BCUT2D eigenvalue weighted by Crippen LogP contribution is -2.56. The predicted octanol–water partition coefficient (Wildman–Crippen LogP) is 7.16. The van der Waals surface area contributed by atoms with Crippen LogP contribution in [0.1, 0.15) is 34.6 Å². The largest absolute Gasteiger partial charge is 0.489 e. The molecule has 0 N–H and O–H groups in total. The van der Waals surface area contributed by atoms with Crippen molar-refractivity contribution in [2.75, 3.05) is 19.8 Å². The standard InChI is InChI=1S/C36H33NO4/c38-36(41-24-35-33-15-6-4-13-31(33)32-14-5-7-16-34(32)35)37-28-18-27(19-29(37)23-39-22-28)17-26-11-8-12-30(20-26)40-21-25-9-2-1-3-10-25/h1-16,18,20,28-29,35H,17,19,21-24H2. The molecule has 2 bridgehead atoms. The van der Waals surface area contributed by atoms with Gasteiger partial charge in [-0.25, -0.2) is 4.79 Å². The maximum Gasteiger partial charge on any atom is 0.410 e. The molecule has 206 valence electrons. The number of nitrogens with zero attached hydrogens (tertiary/aromatic N) is 1. The topological polar surface area (TPSA) is 48.0 Å². The van der Waals surface area contributed by atoms with Crippen LogP contribution in [0.5, 0.6) is 5.75 Å². The number of benzene rings is 4. The molecule has 1 amide bonds. The molecule has 7 rings (SSSR count).